The predicted octanol–water partition coefficient (Wildman–Crippen LogP) is 4.30. The van der Waals surface area contributed by atoms with Crippen molar-refractivity contribution in [2.24, 2.45) is 7.05 Å². The van der Waals surface area contributed by atoms with Gasteiger partial charge in [-0.15, -0.1) is 10.2 Å². The van der Waals surface area contributed by atoms with Gasteiger partial charge in [0.15, 0.2) is 11.0 Å². The second-order valence-electron chi connectivity index (χ2n) is 5.84. The standard InChI is InChI=1S/C19H21N3OS/c1-14-7-9-17(10-8-14)23-12-18-20-21-19(22(18)3)24-13-16-6-4-5-15(2)11-16/h4-11H,12-13H2,1-3H3. The van der Waals surface area contributed by atoms with Crippen molar-refractivity contribution in [3.63, 3.8) is 0 Å². The first kappa shape index (κ1) is 16.6. The molecule has 0 aliphatic rings. The molecule has 2 aromatic carbocycles. The lowest BCUT2D eigenvalue weighted by Crippen LogP contribution is -2.04. The number of aryl methyl sites for hydroxylation is 2. The number of nitrogens with zero attached hydrogens (tertiary/aromatic N) is 3. The average Bonchev–Trinajstić information content (AvgIpc) is 2.93. The fourth-order valence-corrected chi connectivity index (χ4v) is 3.20. The summed E-state index contributed by atoms with van der Waals surface area (Å²) in [5.74, 6) is 2.55. The van der Waals surface area contributed by atoms with Gasteiger partial charge in [-0.2, -0.15) is 0 Å². The molecule has 0 atom stereocenters. The summed E-state index contributed by atoms with van der Waals surface area (Å²) >= 11 is 1.69. The lowest BCUT2D eigenvalue weighted by molar-refractivity contribution is 0.290. The van der Waals surface area contributed by atoms with E-state index in [-0.39, 0.29) is 0 Å². The van der Waals surface area contributed by atoms with Crippen LogP contribution >= 0.6 is 11.8 Å². The van der Waals surface area contributed by atoms with E-state index < -0.39 is 0 Å². The number of thioether (sulfide) groups is 1. The van der Waals surface area contributed by atoms with E-state index in [0.717, 1.165) is 22.5 Å². The molecule has 124 valence electrons. The Morgan fingerprint density at radius 2 is 1.79 bits per heavy atom. The van der Waals surface area contributed by atoms with Crippen molar-refractivity contribution >= 4 is 11.8 Å². The summed E-state index contributed by atoms with van der Waals surface area (Å²) in [6.45, 7) is 4.58. The van der Waals surface area contributed by atoms with Gasteiger partial charge in [0.2, 0.25) is 0 Å². The van der Waals surface area contributed by atoms with E-state index in [1.165, 1.54) is 16.7 Å². The summed E-state index contributed by atoms with van der Waals surface area (Å²) in [5, 5.41) is 9.42. The highest BCUT2D eigenvalue weighted by molar-refractivity contribution is 7.98. The minimum Gasteiger partial charge on any atom is -0.486 e. The minimum atomic E-state index is 0.414. The third-order valence-electron chi connectivity index (χ3n) is 3.76. The summed E-state index contributed by atoms with van der Waals surface area (Å²) in [5.41, 5.74) is 3.79. The Balaban J connectivity index is 1.60. The number of hydrogen-bond acceptors (Lipinski definition) is 4. The second kappa shape index (κ2) is 7.53. The van der Waals surface area contributed by atoms with Gasteiger partial charge in [-0.3, -0.25) is 0 Å². The Morgan fingerprint density at radius 1 is 1.00 bits per heavy atom. The lowest BCUT2D eigenvalue weighted by atomic mass is 10.2. The van der Waals surface area contributed by atoms with Crippen molar-refractivity contribution in [1.82, 2.24) is 14.8 Å². The number of ether oxygens (including phenoxy) is 1. The van der Waals surface area contributed by atoms with Gasteiger partial charge < -0.3 is 9.30 Å². The smallest absolute Gasteiger partial charge is 0.191 e. The SMILES string of the molecule is Cc1ccc(OCc2nnc(SCc3cccc(C)c3)n2C)cc1. The summed E-state index contributed by atoms with van der Waals surface area (Å²) in [4.78, 5) is 0. The molecule has 0 unspecified atom stereocenters. The molecule has 1 aromatic heterocycles. The van der Waals surface area contributed by atoms with Crippen LogP contribution in [0.5, 0.6) is 5.75 Å². The first-order valence-corrected chi connectivity index (χ1v) is 8.86. The second-order valence-corrected chi connectivity index (χ2v) is 6.78. The van der Waals surface area contributed by atoms with E-state index in [1.54, 1.807) is 11.8 Å². The molecule has 24 heavy (non-hydrogen) atoms. The van der Waals surface area contributed by atoms with Gasteiger partial charge in [0, 0.05) is 12.8 Å². The number of rotatable bonds is 6. The number of hydrogen-bond donors (Lipinski definition) is 0. The molecule has 0 fully saturated rings. The van der Waals surface area contributed by atoms with E-state index >= 15 is 0 Å². The summed E-state index contributed by atoms with van der Waals surface area (Å²) < 4.78 is 7.78. The first-order chi connectivity index (χ1) is 11.6. The Labute approximate surface area is 146 Å². The molecule has 3 rings (SSSR count). The van der Waals surface area contributed by atoms with Crippen LogP contribution in [0.4, 0.5) is 0 Å². The van der Waals surface area contributed by atoms with Crippen LogP contribution in [0.2, 0.25) is 0 Å². The van der Waals surface area contributed by atoms with Crippen LogP contribution in [-0.4, -0.2) is 14.8 Å². The molecule has 0 aliphatic heterocycles. The highest BCUT2D eigenvalue weighted by atomic mass is 32.2. The van der Waals surface area contributed by atoms with Crippen LogP contribution in [0.3, 0.4) is 0 Å². The third-order valence-corrected chi connectivity index (χ3v) is 4.86. The maximum atomic E-state index is 5.79. The fraction of sp³-hybridized carbons (Fsp3) is 0.263. The van der Waals surface area contributed by atoms with Crippen molar-refractivity contribution in [2.45, 2.75) is 31.4 Å². The molecule has 1 heterocycles. The minimum absolute atomic E-state index is 0.414. The van der Waals surface area contributed by atoms with Crippen LogP contribution in [0.25, 0.3) is 0 Å². The molecule has 0 saturated carbocycles. The quantitative estimate of drug-likeness (QED) is 0.628. The number of benzene rings is 2. The van der Waals surface area contributed by atoms with Crippen LogP contribution in [0.1, 0.15) is 22.5 Å². The highest BCUT2D eigenvalue weighted by Gasteiger charge is 2.10. The van der Waals surface area contributed by atoms with Crippen LogP contribution in [-0.2, 0) is 19.4 Å². The zero-order chi connectivity index (χ0) is 16.9. The topological polar surface area (TPSA) is 39.9 Å². The maximum absolute atomic E-state index is 5.79. The molecule has 0 spiro atoms. The Morgan fingerprint density at radius 3 is 2.54 bits per heavy atom. The fourth-order valence-electron chi connectivity index (χ4n) is 2.33. The molecular weight excluding hydrogens is 318 g/mol. The van der Waals surface area contributed by atoms with Crippen molar-refractivity contribution in [3.05, 3.63) is 71.0 Å². The van der Waals surface area contributed by atoms with Crippen molar-refractivity contribution in [3.8, 4) is 5.75 Å². The zero-order valence-corrected chi connectivity index (χ0v) is 15.0. The van der Waals surface area contributed by atoms with Gasteiger partial charge in [-0.1, -0.05) is 59.3 Å². The summed E-state index contributed by atoms with van der Waals surface area (Å²) in [7, 11) is 1.98. The molecule has 0 N–H and O–H groups in total. The molecule has 0 amide bonds. The zero-order valence-electron chi connectivity index (χ0n) is 14.2. The molecule has 3 aromatic rings. The lowest BCUT2D eigenvalue weighted by Gasteiger charge is -2.07. The Kier molecular flexibility index (Phi) is 5.20. The molecule has 0 saturated heterocycles. The molecule has 5 heteroatoms. The average molecular weight is 339 g/mol. The third kappa shape index (κ3) is 4.17. The highest BCUT2D eigenvalue weighted by Crippen LogP contribution is 2.22. The van der Waals surface area contributed by atoms with Gasteiger partial charge in [-0.25, -0.2) is 0 Å². The predicted molar refractivity (Wildman–Crippen MR) is 97.3 cm³/mol. The Bertz CT molecular complexity index is 812. The van der Waals surface area contributed by atoms with Gasteiger partial charge >= 0.3 is 0 Å². The van der Waals surface area contributed by atoms with Gasteiger partial charge in [0.25, 0.3) is 0 Å². The summed E-state index contributed by atoms with van der Waals surface area (Å²) in [6.07, 6.45) is 0. The molecule has 0 radical (unpaired) electrons. The largest absolute Gasteiger partial charge is 0.486 e. The van der Waals surface area contributed by atoms with E-state index in [2.05, 4.69) is 48.3 Å². The van der Waals surface area contributed by atoms with Crippen LogP contribution in [0.15, 0.2) is 53.7 Å². The van der Waals surface area contributed by atoms with Gasteiger partial charge in [-0.05, 0) is 31.5 Å². The molecular formula is C19H21N3OS. The van der Waals surface area contributed by atoms with Crippen molar-refractivity contribution < 1.29 is 4.74 Å². The van der Waals surface area contributed by atoms with Crippen molar-refractivity contribution in [1.29, 1.82) is 0 Å². The van der Waals surface area contributed by atoms with E-state index in [4.69, 9.17) is 4.74 Å². The van der Waals surface area contributed by atoms with Gasteiger partial charge in [0.05, 0.1) is 0 Å². The molecule has 4 nitrogen and oxygen atoms in total. The van der Waals surface area contributed by atoms with E-state index in [9.17, 15) is 0 Å². The molecule has 0 aliphatic carbocycles. The van der Waals surface area contributed by atoms with Gasteiger partial charge in [0.1, 0.15) is 12.4 Å². The normalized spacial score (nSPS) is 10.8. The van der Waals surface area contributed by atoms with Crippen LogP contribution < -0.4 is 4.74 Å². The van der Waals surface area contributed by atoms with Crippen molar-refractivity contribution in [2.75, 3.05) is 0 Å². The number of aromatic nitrogens is 3. The van der Waals surface area contributed by atoms with E-state index in [0.29, 0.717) is 6.61 Å². The monoisotopic (exact) mass is 339 g/mol. The molecule has 0 bridgehead atoms. The summed E-state index contributed by atoms with van der Waals surface area (Å²) in [6, 6.07) is 16.5. The van der Waals surface area contributed by atoms with E-state index in [1.807, 2.05) is 35.9 Å². The first-order valence-electron chi connectivity index (χ1n) is 7.88. The Hall–Kier alpha value is -2.27. The van der Waals surface area contributed by atoms with Crippen LogP contribution in [0, 0.1) is 13.8 Å². The maximum Gasteiger partial charge on any atom is 0.191 e.